The van der Waals surface area contributed by atoms with Gasteiger partial charge in [-0.15, -0.1) is 0 Å². The third-order valence-electron chi connectivity index (χ3n) is 5.53. The molecule has 0 heterocycles. The lowest BCUT2D eigenvalue weighted by Crippen LogP contribution is -2.48. The van der Waals surface area contributed by atoms with E-state index in [4.69, 9.17) is 5.11 Å². The first-order chi connectivity index (χ1) is 12.6. The van der Waals surface area contributed by atoms with E-state index in [1.165, 1.54) is 11.8 Å². The number of likely N-dealkylation sites (N-methyl/N-ethyl adjacent to an activating group) is 1. The zero-order chi connectivity index (χ0) is 21.2. The van der Waals surface area contributed by atoms with Gasteiger partial charge in [-0.05, 0) is 32.1 Å². The SMILES string of the molecule is CCCCC(CC)(CC)C(=O)NCC(=O)N(C)[C@H](/C=C(\C)C(=O)O)C(C)C. The summed E-state index contributed by atoms with van der Waals surface area (Å²) in [4.78, 5) is 38.0. The molecule has 0 spiro atoms. The Morgan fingerprint density at radius 2 is 1.70 bits per heavy atom. The predicted molar refractivity (Wildman–Crippen MR) is 108 cm³/mol. The van der Waals surface area contributed by atoms with Gasteiger partial charge in [0.2, 0.25) is 11.8 Å². The first-order valence-corrected chi connectivity index (χ1v) is 10.0. The van der Waals surface area contributed by atoms with Crippen LogP contribution in [0.25, 0.3) is 0 Å². The van der Waals surface area contributed by atoms with Crippen LogP contribution in [0.5, 0.6) is 0 Å². The topological polar surface area (TPSA) is 86.7 Å². The Labute approximate surface area is 164 Å². The molecule has 0 aromatic rings. The number of unbranched alkanes of at least 4 members (excludes halogenated alkanes) is 1. The zero-order valence-corrected chi connectivity index (χ0v) is 18.1. The molecule has 0 aromatic carbocycles. The van der Waals surface area contributed by atoms with Crippen molar-refractivity contribution >= 4 is 17.8 Å². The summed E-state index contributed by atoms with van der Waals surface area (Å²) in [6, 6.07) is -0.340. The maximum atomic E-state index is 12.8. The summed E-state index contributed by atoms with van der Waals surface area (Å²) >= 11 is 0. The molecule has 0 aliphatic rings. The molecule has 0 aromatic heterocycles. The van der Waals surface area contributed by atoms with Gasteiger partial charge in [0.25, 0.3) is 0 Å². The van der Waals surface area contributed by atoms with Crippen LogP contribution in [0.15, 0.2) is 11.6 Å². The summed E-state index contributed by atoms with van der Waals surface area (Å²) in [6.07, 6.45) is 5.92. The maximum absolute atomic E-state index is 12.8. The maximum Gasteiger partial charge on any atom is 0.331 e. The Kier molecular flexibility index (Phi) is 11.0. The van der Waals surface area contributed by atoms with Gasteiger partial charge in [0, 0.05) is 18.0 Å². The molecule has 0 unspecified atom stereocenters. The highest BCUT2D eigenvalue weighted by molar-refractivity contribution is 5.88. The minimum Gasteiger partial charge on any atom is -0.478 e. The second kappa shape index (κ2) is 11.8. The zero-order valence-electron chi connectivity index (χ0n) is 18.1. The van der Waals surface area contributed by atoms with Crippen LogP contribution in [0.1, 0.15) is 73.6 Å². The van der Waals surface area contributed by atoms with Crippen LogP contribution in [0.2, 0.25) is 0 Å². The lowest BCUT2D eigenvalue weighted by atomic mass is 9.77. The summed E-state index contributed by atoms with van der Waals surface area (Å²) in [6.45, 7) is 11.4. The van der Waals surface area contributed by atoms with Crippen LogP contribution in [0.4, 0.5) is 0 Å². The van der Waals surface area contributed by atoms with E-state index in [9.17, 15) is 14.4 Å². The Bertz CT molecular complexity index is 536. The fraction of sp³-hybridized carbons (Fsp3) is 0.762. The van der Waals surface area contributed by atoms with Crippen LogP contribution in [0.3, 0.4) is 0 Å². The van der Waals surface area contributed by atoms with E-state index in [0.717, 1.165) is 32.1 Å². The number of nitrogens with zero attached hydrogens (tertiary/aromatic N) is 1. The molecule has 0 saturated heterocycles. The quantitative estimate of drug-likeness (QED) is 0.505. The molecule has 156 valence electrons. The predicted octanol–water partition coefficient (Wildman–Crippen LogP) is 3.61. The Morgan fingerprint density at radius 1 is 1.15 bits per heavy atom. The summed E-state index contributed by atoms with van der Waals surface area (Å²) in [5.74, 6) is -1.24. The molecular weight excluding hydrogens is 344 g/mol. The summed E-state index contributed by atoms with van der Waals surface area (Å²) in [5.41, 5.74) is -0.223. The number of hydrogen-bond donors (Lipinski definition) is 2. The minimum atomic E-state index is -0.999. The van der Waals surface area contributed by atoms with Crippen LogP contribution in [-0.4, -0.2) is 47.4 Å². The number of nitrogens with one attached hydrogen (secondary N) is 1. The second-order valence-corrected chi connectivity index (χ2v) is 7.67. The Morgan fingerprint density at radius 3 is 2.11 bits per heavy atom. The Balaban J connectivity index is 5.11. The van der Waals surface area contributed by atoms with Crippen molar-refractivity contribution in [2.75, 3.05) is 13.6 Å². The molecule has 1 atom stereocenters. The van der Waals surface area contributed by atoms with Gasteiger partial charge in [0.1, 0.15) is 0 Å². The lowest BCUT2D eigenvalue weighted by molar-refractivity contribution is -0.137. The van der Waals surface area contributed by atoms with Crippen LogP contribution < -0.4 is 5.32 Å². The molecule has 6 heteroatoms. The van der Waals surface area contributed by atoms with E-state index in [-0.39, 0.29) is 35.9 Å². The number of carbonyl (C=O) groups is 3. The third kappa shape index (κ3) is 7.35. The van der Waals surface area contributed by atoms with Crippen molar-refractivity contribution in [3.8, 4) is 0 Å². The van der Waals surface area contributed by atoms with Crippen molar-refractivity contribution < 1.29 is 19.5 Å². The monoisotopic (exact) mass is 382 g/mol. The van der Waals surface area contributed by atoms with Crippen molar-refractivity contribution in [2.45, 2.75) is 79.7 Å². The smallest absolute Gasteiger partial charge is 0.331 e. The molecule has 2 N–H and O–H groups in total. The van der Waals surface area contributed by atoms with Crippen LogP contribution in [-0.2, 0) is 14.4 Å². The third-order valence-corrected chi connectivity index (χ3v) is 5.53. The van der Waals surface area contributed by atoms with E-state index in [1.807, 2.05) is 27.7 Å². The van der Waals surface area contributed by atoms with Gasteiger partial charge >= 0.3 is 5.97 Å². The van der Waals surface area contributed by atoms with Crippen LogP contribution >= 0.6 is 0 Å². The van der Waals surface area contributed by atoms with Gasteiger partial charge < -0.3 is 15.3 Å². The molecule has 27 heavy (non-hydrogen) atoms. The van der Waals surface area contributed by atoms with Crippen molar-refractivity contribution in [3.05, 3.63) is 11.6 Å². The molecule has 0 saturated carbocycles. The fourth-order valence-corrected chi connectivity index (χ4v) is 3.27. The minimum absolute atomic E-state index is 0.0545. The van der Waals surface area contributed by atoms with Crippen molar-refractivity contribution in [1.82, 2.24) is 10.2 Å². The molecule has 0 aliphatic carbocycles. The van der Waals surface area contributed by atoms with E-state index >= 15 is 0 Å². The van der Waals surface area contributed by atoms with Crippen molar-refractivity contribution in [3.63, 3.8) is 0 Å². The summed E-state index contributed by atoms with van der Waals surface area (Å²) in [7, 11) is 1.65. The molecule has 0 bridgehead atoms. The van der Waals surface area contributed by atoms with Crippen molar-refractivity contribution in [2.24, 2.45) is 11.3 Å². The molecule has 0 rings (SSSR count). The highest BCUT2D eigenvalue weighted by Crippen LogP contribution is 2.32. The lowest BCUT2D eigenvalue weighted by Gasteiger charge is -2.32. The Hall–Kier alpha value is -1.85. The average molecular weight is 383 g/mol. The van der Waals surface area contributed by atoms with Gasteiger partial charge in [-0.1, -0.05) is 53.5 Å². The van der Waals surface area contributed by atoms with E-state index in [2.05, 4.69) is 12.2 Å². The summed E-state index contributed by atoms with van der Waals surface area (Å²) in [5, 5.41) is 11.9. The second-order valence-electron chi connectivity index (χ2n) is 7.67. The molecular formula is C21H38N2O4. The first kappa shape index (κ1) is 25.1. The van der Waals surface area contributed by atoms with Crippen molar-refractivity contribution in [1.29, 1.82) is 0 Å². The normalized spacial score (nSPS) is 13.4. The van der Waals surface area contributed by atoms with Crippen LogP contribution in [0, 0.1) is 11.3 Å². The molecule has 2 amide bonds. The fourth-order valence-electron chi connectivity index (χ4n) is 3.27. The number of hydrogen-bond acceptors (Lipinski definition) is 3. The number of carboxylic acid groups (broad SMARTS) is 1. The van der Waals surface area contributed by atoms with E-state index in [1.54, 1.807) is 13.1 Å². The first-order valence-electron chi connectivity index (χ1n) is 10.0. The highest BCUT2D eigenvalue weighted by Gasteiger charge is 2.34. The standard InChI is InChI=1S/C21H38N2O4/c1-8-11-12-21(9-2,10-3)20(27)22-14-18(24)23(7)17(15(4)5)13-16(6)19(25)26/h13,15,17H,8-12,14H2,1-7H3,(H,22,27)(H,25,26)/b16-13+/t17-/m1/s1. The highest BCUT2D eigenvalue weighted by atomic mass is 16.4. The van der Waals surface area contributed by atoms with Gasteiger partial charge in [-0.25, -0.2) is 4.79 Å². The molecule has 6 nitrogen and oxygen atoms in total. The average Bonchev–Trinajstić information content (AvgIpc) is 2.64. The molecule has 0 fully saturated rings. The number of amides is 2. The summed E-state index contributed by atoms with van der Waals surface area (Å²) < 4.78 is 0. The molecule has 0 aliphatic heterocycles. The van der Waals surface area contributed by atoms with Gasteiger partial charge in [-0.2, -0.15) is 0 Å². The number of aliphatic carboxylic acids is 1. The van der Waals surface area contributed by atoms with Gasteiger partial charge in [0.05, 0.1) is 12.6 Å². The number of rotatable bonds is 12. The van der Waals surface area contributed by atoms with Gasteiger partial charge in [0.15, 0.2) is 0 Å². The largest absolute Gasteiger partial charge is 0.478 e. The number of carboxylic acids is 1. The molecule has 0 radical (unpaired) electrons. The van der Waals surface area contributed by atoms with E-state index < -0.39 is 11.4 Å². The van der Waals surface area contributed by atoms with E-state index in [0.29, 0.717) is 0 Å². The van der Waals surface area contributed by atoms with Gasteiger partial charge in [-0.3, -0.25) is 9.59 Å². The number of carbonyl (C=O) groups excluding carboxylic acids is 2.